The van der Waals surface area contributed by atoms with Crippen LogP contribution in [0.1, 0.15) is 22.8 Å². The Balaban J connectivity index is 1.94. The second-order valence-electron chi connectivity index (χ2n) is 7.21. The highest BCUT2D eigenvalue weighted by atomic mass is 32.2. The van der Waals surface area contributed by atoms with Gasteiger partial charge in [-0.05, 0) is 62.4 Å². The molecular formula is C24H25N3O5S. The number of amides is 2. The van der Waals surface area contributed by atoms with Crippen LogP contribution in [0.3, 0.4) is 0 Å². The second kappa shape index (κ2) is 10.2. The van der Waals surface area contributed by atoms with Gasteiger partial charge in [0.15, 0.2) is 0 Å². The van der Waals surface area contributed by atoms with Gasteiger partial charge in [-0.15, -0.1) is 0 Å². The van der Waals surface area contributed by atoms with Crippen LogP contribution in [0.2, 0.25) is 0 Å². The molecule has 3 aromatic rings. The molecule has 0 saturated heterocycles. The number of sulfonamides is 1. The quantitative estimate of drug-likeness (QED) is 0.500. The monoisotopic (exact) mass is 467 g/mol. The van der Waals surface area contributed by atoms with E-state index < -0.39 is 28.4 Å². The fourth-order valence-electron chi connectivity index (χ4n) is 3.15. The summed E-state index contributed by atoms with van der Waals surface area (Å²) in [4.78, 5) is 24.5. The van der Waals surface area contributed by atoms with Crippen molar-refractivity contribution in [2.75, 3.05) is 22.8 Å². The predicted molar refractivity (Wildman–Crippen MR) is 127 cm³/mol. The third kappa shape index (κ3) is 5.69. The van der Waals surface area contributed by atoms with E-state index in [0.717, 1.165) is 9.87 Å². The molecule has 0 heterocycles. The maximum absolute atomic E-state index is 13.5. The lowest BCUT2D eigenvalue weighted by Gasteiger charge is -2.24. The molecule has 0 radical (unpaired) electrons. The highest BCUT2D eigenvalue weighted by Crippen LogP contribution is 2.26. The van der Waals surface area contributed by atoms with Crippen LogP contribution in [0.15, 0.2) is 77.7 Å². The zero-order chi connectivity index (χ0) is 24.0. The van der Waals surface area contributed by atoms with Gasteiger partial charge in [-0.2, -0.15) is 0 Å². The number of benzene rings is 3. The van der Waals surface area contributed by atoms with Crippen molar-refractivity contribution in [2.24, 2.45) is 5.73 Å². The number of carbonyl (C=O) groups excluding carboxylic acids is 2. The third-order valence-electron chi connectivity index (χ3n) is 4.80. The van der Waals surface area contributed by atoms with Crippen molar-refractivity contribution < 1.29 is 22.7 Å². The molecule has 0 fully saturated rings. The summed E-state index contributed by atoms with van der Waals surface area (Å²) in [5.74, 6) is -0.791. The zero-order valence-corrected chi connectivity index (χ0v) is 19.1. The Kier molecular flexibility index (Phi) is 7.34. The van der Waals surface area contributed by atoms with E-state index in [4.69, 9.17) is 10.5 Å². The van der Waals surface area contributed by atoms with E-state index in [1.54, 1.807) is 48.5 Å². The molecule has 33 heavy (non-hydrogen) atoms. The first-order chi connectivity index (χ1) is 15.7. The van der Waals surface area contributed by atoms with Gasteiger partial charge >= 0.3 is 0 Å². The summed E-state index contributed by atoms with van der Waals surface area (Å²) in [6.07, 6.45) is 0. The number of nitrogens with zero attached hydrogens (tertiary/aromatic N) is 1. The van der Waals surface area contributed by atoms with Gasteiger partial charge in [0.25, 0.3) is 15.9 Å². The smallest absolute Gasteiger partial charge is 0.264 e. The van der Waals surface area contributed by atoms with Crippen LogP contribution in [-0.2, 0) is 14.8 Å². The summed E-state index contributed by atoms with van der Waals surface area (Å²) in [7, 11) is -4.09. The summed E-state index contributed by atoms with van der Waals surface area (Å²) in [5.41, 5.74) is 6.97. The normalized spacial score (nSPS) is 11.0. The number of carbonyl (C=O) groups is 2. The van der Waals surface area contributed by atoms with Crippen LogP contribution in [0, 0.1) is 6.92 Å². The summed E-state index contributed by atoms with van der Waals surface area (Å²) in [6.45, 7) is 3.65. The first kappa shape index (κ1) is 23.8. The molecule has 0 aromatic heterocycles. The van der Waals surface area contributed by atoms with Crippen LogP contribution in [0.4, 0.5) is 11.4 Å². The maximum Gasteiger partial charge on any atom is 0.264 e. The van der Waals surface area contributed by atoms with E-state index in [9.17, 15) is 18.0 Å². The van der Waals surface area contributed by atoms with Crippen molar-refractivity contribution in [2.45, 2.75) is 18.7 Å². The number of para-hydroxylation sites is 1. The lowest BCUT2D eigenvalue weighted by atomic mass is 10.1. The molecule has 0 aliphatic heterocycles. The Labute approximate surface area is 193 Å². The van der Waals surface area contributed by atoms with Crippen LogP contribution < -0.4 is 20.1 Å². The largest absolute Gasteiger partial charge is 0.494 e. The van der Waals surface area contributed by atoms with Gasteiger partial charge in [0, 0.05) is 0 Å². The van der Waals surface area contributed by atoms with Gasteiger partial charge in [-0.25, -0.2) is 8.42 Å². The average Bonchev–Trinajstić information content (AvgIpc) is 2.79. The van der Waals surface area contributed by atoms with E-state index in [1.807, 2.05) is 13.8 Å². The molecule has 0 saturated carbocycles. The van der Waals surface area contributed by atoms with Crippen molar-refractivity contribution in [3.63, 3.8) is 0 Å². The summed E-state index contributed by atoms with van der Waals surface area (Å²) < 4.78 is 33.4. The predicted octanol–water partition coefficient (Wildman–Crippen LogP) is 3.33. The number of nitrogens with two attached hydrogens (primary N) is 1. The molecule has 3 N–H and O–H groups in total. The number of hydrogen-bond acceptors (Lipinski definition) is 5. The molecular weight excluding hydrogens is 442 g/mol. The Bertz CT molecular complexity index is 1240. The first-order valence-corrected chi connectivity index (χ1v) is 11.7. The molecule has 0 spiro atoms. The number of ether oxygens (including phenoxy) is 1. The summed E-state index contributed by atoms with van der Waals surface area (Å²) in [5, 5.41) is 2.59. The van der Waals surface area contributed by atoms with Gasteiger partial charge in [0.05, 0.1) is 28.4 Å². The van der Waals surface area contributed by atoms with Crippen molar-refractivity contribution in [3.05, 3.63) is 83.9 Å². The van der Waals surface area contributed by atoms with Crippen molar-refractivity contribution in [1.82, 2.24) is 0 Å². The highest BCUT2D eigenvalue weighted by Gasteiger charge is 2.27. The minimum Gasteiger partial charge on any atom is -0.494 e. The molecule has 2 amide bonds. The van der Waals surface area contributed by atoms with E-state index in [2.05, 4.69) is 5.32 Å². The minimum atomic E-state index is -4.09. The van der Waals surface area contributed by atoms with E-state index >= 15 is 0 Å². The van der Waals surface area contributed by atoms with Crippen LogP contribution in [0.25, 0.3) is 0 Å². The molecule has 3 aromatic carbocycles. The first-order valence-electron chi connectivity index (χ1n) is 10.2. The van der Waals surface area contributed by atoms with Crippen molar-refractivity contribution in [1.29, 1.82) is 0 Å². The minimum absolute atomic E-state index is 0.0110. The maximum atomic E-state index is 13.5. The summed E-state index contributed by atoms with van der Waals surface area (Å²) in [6, 6.07) is 19.0. The Morgan fingerprint density at radius 2 is 1.61 bits per heavy atom. The van der Waals surface area contributed by atoms with Gasteiger partial charge in [0.1, 0.15) is 12.3 Å². The number of aryl methyl sites for hydroxylation is 1. The molecule has 0 aliphatic carbocycles. The Morgan fingerprint density at radius 1 is 0.970 bits per heavy atom. The molecule has 0 bridgehead atoms. The van der Waals surface area contributed by atoms with E-state index in [1.165, 1.54) is 24.3 Å². The van der Waals surface area contributed by atoms with Gasteiger partial charge in [0.2, 0.25) is 5.91 Å². The molecule has 9 heteroatoms. The van der Waals surface area contributed by atoms with Crippen molar-refractivity contribution >= 4 is 33.2 Å². The molecule has 0 aliphatic rings. The van der Waals surface area contributed by atoms with E-state index in [0.29, 0.717) is 18.0 Å². The standard InChI is InChI=1S/C24H25N3O5S/c1-3-32-19-12-14-20(15-13-19)33(30,31)27(18-10-8-17(2)9-11-18)16-23(28)26-22-7-5-4-6-21(22)24(25)29/h4-15H,3,16H2,1-2H3,(H2,25,29)(H,26,28). The number of rotatable bonds is 9. The van der Waals surface area contributed by atoms with Crippen LogP contribution in [-0.4, -0.2) is 33.4 Å². The number of anilines is 2. The molecule has 0 unspecified atom stereocenters. The van der Waals surface area contributed by atoms with Gasteiger partial charge < -0.3 is 15.8 Å². The topological polar surface area (TPSA) is 119 Å². The Morgan fingerprint density at radius 3 is 2.21 bits per heavy atom. The van der Waals surface area contributed by atoms with Gasteiger partial charge in [-0.1, -0.05) is 29.8 Å². The van der Waals surface area contributed by atoms with Crippen LogP contribution >= 0.6 is 0 Å². The lowest BCUT2D eigenvalue weighted by Crippen LogP contribution is -2.38. The molecule has 3 rings (SSSR count). The zero-order valence-electron chi connectivity index (χ0n) is 18.3. The van der Waals surface area contributed by atoms with Gasteiger partial charge in [-0.3, -0.25) is 13.9 Å². The van der Waals surface area contributed by atoms with Crippen molar-refractivity contribution in [3.8, 4) is 5.75 Å². The fraction of sp³-hybridized carbons (Fsp3) is 0.167. The fourth-order valence-corrected chi connectivity index (χ4v) is 4.58. The van der Waals surface area contributed by atoms with Crippen LogP contribution in [0.5, 0.6) is 5.75 Å². The third-order valence-corrected chi connectivity index (χ3v) is 6.59. The molecule has 0 atom stereocenters. The Hall–Kier alpha value is -3.85. The SMILES string of the molecule is CCOc1ccc(S(=O)(=O)N(CC(=O)Nc2ccccc2C(N)=O)c2ccc(C)cc2)cc1. The number of primary amides is 1. The summed E-state index contributed by atoms with van der Waals surface area (Å²) >= 11 is 0. The second-order valence-corrected chi connectivity index (χ2v) is 9.07. The molecule has 8 nitrogen and oxygen atoms in total. The molecule has 172 valence electrons. The highest BCUT2D eigenvalue weighted by molar-refractivity contribution is 7.92. The lowest BCUT2D eigenvalue weighted by molar-refractivity contribution is -0.114. The van der Waals surface area contributed by atoms with E-state index in [-0.39, 0.29) is 16.1 Å². The number of hydrogen-bond donors (Lipinski definition) is 2. The average molecular weight is 468 g/mol. The number of nitrogens with one attached hydrogen (secondary N) is 1.